The van der Waals surface area contributed by atoms with Crippen LogP contribution in [-0.4, -0.2) is 46.9 Å². The first-order chi connectivity index (χ1) is 19.5. The molecule has 0 radical (unpaired) electrons. The largest absolute Gasteiger partial charge is 0.367 e. The fourth-order valence-corrected chi connectivity index (χ4v) is 3.76. The number of carbonyl (C=O) groups excluding carboxylic acids is 1. The van der Waals surface area contributed by atoms with Gasteiger partial charge in [-0.15, -0.1) is 11.3 Å². The van der Waals surface area contributed by atoms with E-state index in [9.17, 15) is 4.79 Å². The van der Waals surface area contributed by atoms with Crippen molar-refractivity contribution in [3.63, 3.8) is 0 Å². The molecule has 7 heteroatoms. The molecular formula is C23H29N5OS. The average molecular weight is 437 g/mol. The Balaban J connectivity index is 1.70. The van der Waals surface area contributed by atoms with Gasteiger partial charge in [0.15, 0.2) is 2.82 Å². The molecule has 0 saturated carbocycles. The maximum Gasteiger partial charge on any atom is 0.251 e. The predicted molar refractivity (Wildman–Crippen MR) is 123 cm³/mol. The molecule has 1 unspecified atom stereocenters. The lowest BCUT2D eigenvalue weighted by Gasteiger charge is -2.32. The lowest BCUT2D eigenvalue weighted by molar-refractivity contribution is 0.0963. The van der Waals surface area contributed by atoms with Gasteiger partial charge in [0.05, 0.1) is 8.13 Å². The van der Waals surface area contributed by atoms with Gasteiger partial charge in [-0.05, 0) is 42.4 Å². The van der Waals surface area contributed by atoms with Crippen LogP contribution in [0.25, 0.3) is 10.2 Å². The number of nitrogens with zero attached hydrogens (tertiary/aromatic N) is 3. The number of hydrogen-bond donors (Lipinski definition) is 2. The van der Waals surface area contributed by atoms with Gasteiger partial charge in [-0.3, -0.25) is 9.69 Å². The third-order valence-electron chi connectivity index (χ3n) is 4.37. The molecule has 2 aromatic heterocycles. The molecule has 30 heavy (non-hydrogen) atoms. The Morgan fingerprint density at radius 3 is 3.13 bits per heavy atom. The summed E-state index contributed by atoms with van der Waals surface area (Å²) in [6, 6.07) is 2.11. The van der Waals surface area contributed by atoms with E-state index in [1.54, 1.807) is 13.8 Å². The number of fused-ring (bicyclic) bond motifs is 1. The Bertz CT molecular complexity index is 1520. The summed E-state index contributed by atoms with van der Waals surface area (Å²) < 4.78 is 108. The molecule has 1 aromatic carbocycles. The van der Waals surface area contributed by atoms with Gasteiger partial charge in [-0.25, -0.2) is 9.97 Å². The zero-order chi connectivity index (χ0) is 32.5. The molecular weight excluding hydrogens is 394 g/mol. The average Bonchev–Trinajstić information content (AvgIpc) is 3.26. The van der Waals surface area contributed by atoms with Gasteiger partial charge in [0.2, 0.25) is 0 Å². The third-order valence-corrected chi connectivity index (χ3v) is 5.58. The molecule has 6 nitrogen and oxygen atoms in total. The van der Waals surface area contributed by atoms with Crippen molar-refractivity contribution >= 4 is 33.3 Å². The number of carbonyl (C=O) groups is 1. The van der Waals surface area contributed by atoms with E-state index >= 15 is 0 Å². The van der Waals surface area contributed by atoms with Crippen molar-refractivity contribution in [2.24, 2.45) is 0 Å². The van der Waals surface area contributed by atoms with Crippen LogP contribution in [-0.2, 0) is 6.52 Å². The van der Waals surface area contributed by atoms with E-state index in [4.69, 9.17) is 17.9 Å². The number of nitrogens with one attached hydrogen (secondary N) is 2. The van der Waals surface area contributed by atoms with E-state index in [1.165, 1.54) is 24.3 Å². The van der Waals surface area contributed by atoms with Crippen LogP contribution in [0, 0.1) is 0 Å². The van der Waals surface area contributed by atoms with E-state index < -0.39 is 57.2 Å². The molecule has 3 aromatic rings. The van der Waals surface area contributed by atoms with E-state index in [-0.39, 0.29) is 38.5 Å². The number of rotatable bonds is 6. The second kappa shape index (κ2) is 9.10. The van der Waals surface area contributed by atoms with Gasteiger partial charge in [-0.2, -0.15) is 0 Å². The summed E-state index contributed by atoms with van der Waals surface area (Å²) in [6.07, 6.45) is -4.55. The molecule has 1 saturated heterocycles. The van der Waals surface area contributed by atoms with Gasteiger partial charge < -0.3 is 10.6 Å². The summed E-state index contributed by atoms with van der Waals surface area (Å²) >= 11 is 1.03. The maximum absolute atomic E-state index is 12.5. The SMILES string of the molecule is [2H]c1c(C([2H])(C)C)sc2ncnc(N([2H])C3([2H])C([2H])([2H])CN(C([2H])c4cccc(C(=O)N([2H])C([2H])([2H])[2H])c4)CC3([2H])[2H])c12. The standard InChI is InChI=1S/C23H29N5OS/c1-15(2)20-12-19-21(25-14-26-23(19)30-20)27-18-7-9-28(10-8-18)13-16-5-4-6-17(11-16)22(29)24-3/h4-6,11-12,14-15,18H,7-10,13H2,1-3H3,(H,24,29)(H,25,26,27)/i3D3,7D2,8D2,12D,13D,15D,18D/hD2. The fourth-order valence-electron chi connectivity index (χ4n) is 2.87. The Kier molecular flexibility index (Phi) is 3.09. The van der Waals surface area contributed by atoms with Crippen LogP contribution in [0.3, 0.4) is 0 Å². The topological polar surface area (TPSA) is 70.2 Å². The van der Waals surface area contributed by atoms with E-state index in [1.807, 2.05) is 0 Å². The normalized spacial score (nSPS) is 28.1. The van der Waals surface area contributed by atoms with Crippen LogP contribution in [0.2, 0.25) is 2.82 Å². The number of benzene rings is 1. The van der Waals surface area contributed by atoms with Gasteiger partial charge in [0.1, 0.15) is 17.0 Å². The van der Waals surface area contributed by atoms with Crippen molar-refractivity contribution in [3.8, 4) is 0 Å². The zero-order valence-electron chi connectivity index (χ0n) is 29.4. The Hall–Kier alpha value is -2.51. The summed E-state index contributed by atoms with van der Waals surface area (Å²) in [5.74, 6) is -2.71. The summed E-state index contributed by atoms with van der Waals surface area (Å²) in [5, 5.41) is 0.142. The quantitative estimate of drug-likeness (QED) is 0.604. The van der Waals surface area contributed by atoms with Crippen LogP contribution >= 0.6 is 11.3 Å². The highest BCUT2D eigenvalue weighted by Gasteiger charge is 2.21. The number of amides is 1. The lowest BCUT2D eigenvalue weighted by Crippen LogP contribution is -2.38. The van der Waals surface area contributed by atoms with Crippen LogP contribution in [0.15, 0.2) is 36.6 Å². The van der Waals surface area contributed by atoms with E-state index in [0.717, 1.165) is 22.6 Å². The fraction of sp³-hybridized carbons (Fsp3) is 0.435. The first-order valence-electron chi connectivity index (χ1n) is 15.6. The monoisotopic (exact) mass is 436 g/mol. The van der Waals surface area contributed by atoms with Crippen molar-refractivity contribution in [3.05, 3.63) is 52.6 Å². The third kappa shape index (κ3) is 4.63. The molecule has 0 spiro atoms. The smallest absolute Gasteiger partial charge is 0.251 e. The second-order valence-corrected chi connectivity index (χ2v) is 7.82. The molecule has 1 aliphatic heterocycles. The highest BCUT2D eigenvalue weighted by molar-refractivity contribution is 7.18. The Morgan fingerprint density at radius 2 is 2.37 bits per heavy atom. The number of aromatic nitrogens is 2. The van der Waals surface area contributed by atoms with Gasteiger partial charge >= 0.3 is 0 Å². The second-order valence-electron chi connectivity index (χ2n) is 6.82. The summed E-state index contributed by atoms with van der Waals surface area (Å²) in [7, 11) is 0. The van der Waals surface area contributed by atoms with Crippen LogP contribution in [0.4, 0.5) is 5.82 Å². The van der Waals surface area contributed by atoms with Crippen molar-refractivity contribution < 1.29 is 22.7 Å². The highest BCUT2D eigenvalue weighted by atomic mass is 32.1. The van der Waals surface area contributed by atoms with Gasteiger partial charge in [0.25, 0.3) is 5.91 Å². The van der Waals surface area contributed by atoms with Crippen LogP contribution in [0.1, 0.15) is 68.4 Å². The van der Waals surface area contributed by atoms with E-state index in [0.29, 0.717) is 10.2 Å². The number of piperidine rings is 1. The van der Waals surface area contributed by atoms with Gasteiger partial charge in [-0.1, -0.05) is 26.0 Å². The van der Waals surface area contributed by atoms with Crippen LogP contribution in [0.5, 0.6) is 0 Å². The first kappa shape index (κ1) is 10.2. The van der Waals surface area contributed by atoms with E-state index in [2.05, 4.69) is 9.97 Å². The molecule has 2 N–H and O–H groups in total. The molecule has 1 atom stereocenters. The van der Waals surface area contributed by atoms with Crippen molar-refractivity contribution in [2.75, 3.05) is 25.4 Å². The number of thiophene rings is 1. The maximum atomic E-state index is 12.5. The van der Waals surface area contributed by atoms with Gasteiger partial charge in [0, 0.05) is 55.4 Å². The molecule has 158 valence electrons. The molecule has 1 amide bonds. The summed E-state index contributed by atoms with van der Waals surface area (Å²) in [4.78, 5) is 22.3. The lowest BCUT2D eigenvalue weighted by atomic mass is 10.0. The minimum atomic E-state index is -3.02. The van der Waals surface area contributed by atoms with Crippen molar-refractivity contribution in [2.45, 2.75) is 45.0 Å². The minimum absolute atomic E-state index is 0.00109. The molecule has 3 heterocycles. The van der Waals surface area contributed by atoms with Crippen molar-refractivity contribution in [1.82, 2.24) is 20.2 Å². The minimum Gasteiger partial charge on any atom is -0.367 e. The predicted octanol–water partition coefficient (Wildman–Crippen LogP) is 4.25. The summed E-state index contributed by atoms with van der Waals surface area (Å²) in [5.41, 5.74) is -0.113. The highest BCUT2D eigenvalue weighted by Crippen LogP contribution is 2.33. The molecule has 1 aliphatic rings. The molecule has 4 rings (SSSR count). The molecule has 0 bridgehead atoms. The van der Waals surface area contributed by atoms with Crippen molar-refractivity contribution in [1.29, 1.82) is 0 Å². The first-order valence-corrected chi connectivity index (χ1v) is 9.99. The molecule has 1 fully saturated rings. The molecule has 0 aliphatic carbocycles. The number of hydrogen-bond acceptors (Lipinski definition) is 6. The zero-order valence-corrected chi connectivity index (χ0v) is 17.2. The number of likely N-dealkylation sites (tertiary alicyclic amines) is 1. The summed E-state index contributed by atoms with van der Waals surface area (Å²) in [6.45, 7) is -2.72. The number of anilines is 1. The van der Waals surface area contributed by atoms with Crippen LogP contribution < -0.4 is 10.6 Å². The Morgan fingerprint density at radius 1 is 1.53 bits per heavy atom. The Labute approximate surface area is 200 Å².